The number of hydrogen-bond donors (Lipinski definition) is 2. The van der Waals surface area contributed by atoms with Crippen molar-refractivity contribution in [2.75, 3.05) is 31.2 Å². The van der Waals surface area contributed by atoms with Gasteiger partial charge in [-0.25, -0.2) is 4.98 Å². The number of pyridine rings is 1. The van der Waals surface area contributed by atoms with Crippen LogP contribution in [0.1, 0.15) is 5.69 Å². The Labute approximate surface area is 88.4 Å². The minimum Gasteiger partial charge on any atom is -0.382 e. The number of amidine groups is 1. The van der Waals surface area contributed by atoms with Gasteiger partial charge in [-0.15, -0.1) is 0 Å². The van der Waals surface area contributed by atoms with E-state index in [2.05, 4.69) is 9.88 Å². The second kappa shape index (κ2) is 4.27. The zero-order valence-electron chi connectivity index (χ0n) is 8.44. The zero-order valence-corrected chi connectivity index (χ0v) is 8.44. The first-order valence-corrected chi connectivity index (χ1v) is 4.91. The molecule has 80 valence electrons. The molecule has 0 saturated carbocycles. The summed E-state index contributed by atoms with van der Waals surface area (Å²) < 4.78 is 5.26. The van der Waals surface area contributed by atoms with Crippen molar-refractivity contribution in [2.45, 2.75) is 0 Å². The molecule has 1 aromatic rings. The van der Waals surface area contributed by atoms with Crippen LogP contribution in [0.3, 0.4) is 0 Å². The molecular weight excluding hydrogens is 192 g/mol. The predicted molar refractivity (Wildman–Crippen MR) is 58.3 cm³/mol. The molecule has 1 aliphatic heterocycles. The van der Waals surface area contributed by atoms with Crippen LogP contribution in [0.4, 0.5) is 5.82 Å². The summed E-state index contributed by atoms with van der Waals surface area (Å²) in [5, 5.41) is 7.32. The SMILES string of the molecule is N=C(N)c1cccc(N2CCOCC2)n1. The Morgan fingerprint density at radius 2 is 2.13 bits per heavy atom. The molecule has 0 amide bonds. The molecular formula is C10H14N4O. The highest BCUT2D eigenvalue weighted by Crippen LogP contribution is 2.12. The van der Waals surface area contributed by atoms with Crippen LogP contribution in [0.25, 0.3) is 0 Å². The van der Waals surface area contributed by atoms with E-state index in [4.69, 9.17) is 15.9 Å². The summed E-state index contributed by atoms with van der Waals surface area (Å²) >= 11 is 0. The smallest absolute Gasteiger partial charge is 0.141 e. The maximum atomic E-state index is 7.32. The molecule has 0 aliphatic carbocycles. The molecule has 5 heteroatoms. The molecule has 5 nitrogen and oxygen atoms in total. The Balaban J connectivity index is 2.19. The van der Waals surface area contributed by atoms with Gasteiger partial charge >= 0.3 is 0 Å². The van der Waals surface area contributed by atoms with Crippen molar-refractivity contribution in [2.24, 2.45) is 5.73 Å². The number of aromatic nitrogens is 1. The van der Waals surface area contributed by atoms with E-state index in [-0.39, 0.29) is 5.84 Å². The summed E-state index contributed by atoms with van der Waals surface area (Å²) in [5.41, 5.74) is 5.92. The van der Waals surface area contributed by atoms with Crippen LogP contribution in [0.2, 0.25) is 0 Å². The Kier molecular flexibility index (Phi) is 2.82. The second-order valence-corrected chi connectivity index (χ2v) is 3.39. The largest absolute Gasteiger partial charge is 0.382 e. The van der Waals surface area contributed by atoms with Crippen molar-refractivity contribution in [3.8, 4) is 0 Å². The highest BCUT2D eigenvalue weighted by molar-refractivity contribution is 5.93. The Morgan fingerprint density at radius 3 is 2.80 bits per heavy atom. The van der Waals surface area contributed by atoms with E-state index in [0.717, 1.165) is 32.1 Å². The first-order valence-electron chi connectivity index (χ1n) is 4.91. The maximum Gasteiger partial charge on any atom is 0.141 e. The van der Waals surface area contributed by atoms with Crippen molar-refractivity contribution in [1.29, 1.82) is 5.41 Å². The van der Waals surface area contributed by atoms with Gasteiger partial charge in [0.1, 0.15) is 17.3 Å². The number of rotatable bonds is 2. The number of nitrogens with zero attached hydrogens (tertiary/aromatic N) is 2. The molecule has 0 aromatic carbocycles. The number of ether oxygens (including phenoxy) is 1. The molecule has 1 aliphatic rings. The Hall–Kier alpha value is -1.62. The molecule has 0 bridgehead atoms. The van der Waals surface area contributed by atoms with E-state index >= 15 is 0 Å². The number of nitrogens with one attached hydrogen (secondary N) is 1. The van der Waals surface area contributed by atoms with E-state index in [1.165, 1.54) is 0 Å². The van der Waals surface area contributed by atoms with Crippen LogP contribution in [0, 0.1) is 5.41 Å². The van der Waals surface area contributed by atoms with Crippen LogP contribution in [0.5, 0.6) is 0 Å². The molecule has 0 atom stereocenters. The van der Waals surface area contributed by atoms with Gasteiger partial charge in [0, 0.05) is 13.1 Å². The maximum absolute atomic E-state index is 7.32. The van der Waals surface area contributed by atoms with E-state index in [9.17, 15) is 0 Å². The topological polar surface area (TPSA) is 75.2 Å². The standard InChI is InChI=1S/C10H14N4O/c11-10(12)8-2-1-3-9(13-8)14-4-6-15-7-5-14/h1-3H,4-7H2,(H3,11,12). The number of nitrogen functional groups attached to an aromatic ring is 1. The molecule has 0 unspecified atom stereocenters. The summed E-state index contributed by atoms with van der Waals surface area (Å²) in [5.74, 6) is 0.871. The first-order chi connectivity index (χ1) is 7.27. The van der Waals surface area contributed by atoms with E-state index in [1.807, 2.05) is 12.1 Å². The molecule has 1 saturated heterocycles. The lowest BCUT2D eigenvalue weighted by Gasteiger charge is -2.27. The van der Waals surface area contributed by atoms with Crippen molar-refractivity contribution in [3.05, 3.63) is 23.9 Å². The van der Waals surface area contributed by atoms with Gasteiger partial charge in [0.05, 0.1) is 13.2 Å². The van der Waals surface area contributed by atoms with Gasteiger partial charge in [0.2, 0.25) is 0 Å². The normalized spacial score (nSPS) is 16.4. The molecule has 2 heterocycles. The average Bonchev–Trinajstić information content (AvgIpc) is 2.30. The second-order valence-electron chi connectivity index (χ2n) is 3.39. The molecule has 15 heavy (non-hydrogen) atoms. The summed E-state index contributed by atoms with van der Waals surface area (Å²) in [7, 11) is 0. The predicted octanol–water partition coefficient (Wildman–Crippen LogP) is 0.202. The zero-order chi connectivity index (χ0) is 10.7. The third-order valence-electron chi connectivity index (χ3n) is 2.35. The molecule has 0 radical (unpaired) electrons. The van der Waals surface area contributed by atoms with Crippen molar-refractivity contribution in [1.82, 2.24) is 4.98 Å². The lowest BCUT2D eigenvalue weighted by atomic mass is 10.3. The minimum atomic E-state index is 0.00473. The number of morpholine rings is 1. The fourth-order valence-electron chi connectivity index (χ4n) is 1.54. The van der Waals surface area contributed by atoms with Gasteiger partial charge in [0.25, 0.3) is 0 Å². The minimum absolute atomic E-state index is 0.00473. The third-order valence-corrected chi connectivity index (χ3v) is 2.35. The highest BCUT2D eigenvalue weighted by atomic mass is 16.5. The van der Waals surface area contributed by atoms with E-state index < -0.39 is 0 Å². The number of anilines is 1. The van der Waals surface area contributed by atoms with Crippen LogP contribution in [-0.2, 0) is 4.74 Å². The monoisotopic (exact) mass is 206 g/mol. The Bertz CT molecular complexity index is 360. The molecule has 1 fully saturated rings. The van der Waals surface area contributed by atoms with Crippen LogP contribution in [0.15, 0.2) is 18.2 Å². The van der Waals surface area contributed by atoms with Crippen molar-refractivity contribution < 1.29 is 4.74 Å². The number of hydrogen-bond acceptors (Lipinski definition) is 4. The quantitative estimate of drug-likeness (QED) is 0.535. The lowest BCUT2D eigenvalue weighted by Crippen LogP contribution is -2.37. The lowest BCUT2D eigenvalue weighted by molar-refractivity contribution is 0.122. The fourth-order valence-corrected chi connectivity index (χ4v) is 1.54. The summed E-state index contributed by atoms with van der Waals surface area (Å²) in [6.07, 6.45) is 0. The average molecular weight is 206 g/mol. The van der Waals surface area contributed by atoms with Gasteiger partial charge in [-0.2, -0.15) is 0 Å². The molecule has 3 N–H and O–H groups in total. The Morgan fingerprint density at radius 1 is 1.40 bits per heavy atom. The van der Waals surface area contributed by atoms with Gasteiger partial charge in [-0.3, -0.25) is 5.41 Å². The summed E-state index contributed by atoms with van der Waals surface area (Å²) in [6, 6.07) is 5.54. The summed E-state index contributed by atoms with van der Waals surface area (Å²) in [6.45, 7) is 3.14. The molecule has 2 rings (SSSR count). The highest BCUT2D eigenvalue weighted by Gasteiger charge is 2.12. The van der Waals surface area contributed by atoms with Gasteiger partial charge < -0.3 is 15.4 Å². The first kappa shape index (κ1) is 9.92. The van der Waals surface area contributed by atoms with Gasteiger partial charge in [-0.05, 0) is 12.1 Å². The molecule has 1 aromatic heterocycles. The van der Waals surface area contributed by atoms with E-state index in [0.29, 0.717) is 5.69 Å². The van der Waals surface area contributed by atoms with Gasteiger partial charge in [-0.1, -0.05) is 6.07 Å². The van der Waals surface area contributed by atoms with Crippen LogP contribution < -0.4 is 10.6 Å². The van der Waals surface area contributed by atoms with Crippen molar-refractivity contribution in [3.63, 3.8) is 0 Å². The van der Waals surface area contributed by atoms with Crippen LogP contribution in [-0.4, -0.2) is 37.1 Å². The summed E-state index contributed by atoms with van der Waals surface area (Å²) in [4.78, 5) is 6.45. The fraction of sp³-hybridized carbons (Fsp3) is 0.400. The van der Waals surface area contributed by atoms with Crippen LogP contribution >= 0.6 is 0 Å². The van der Waals surface area contributed by atoms with Gasteiger partial charge in [0.15, 0.2) is 0 Å². The molecule has 0 spiro atoms. The van der Waals surface area contributed by atoms with E-state index in [1.54, 1.807) is 6.07 Å². The number of nitrogens with two attached hydrogens (primary N) is 1. The third kappa shape index (κ3) is 2.24. The van der Waals surface area contributed by atoms with Crippen molar-refractivity contribution >= 4 is 11.7 Å².